The van der Waals surface area contributed by atoms with E-state index < -0.39 is 0 Å². The summed E-state index contributed by atoms with van der Waals surface area (Å²) in [6, 6.07) is 0.979. The van der Waals surface area contributed by atoms with E-state index in [0.717, 1.165) is 31.8 Å². The second kappa shape index (κ2) is 8.71. The first-order valence-corrected chi connectivity index (χ1v) is 9.69. The van der Waals surface area contributed by atoms with Crippen LogP contribution in [-0.4, -0.2) is 36.0 Å². The van der Waals surface area contributed by atoms with Crippen LogP contribution in [0, 0.1) is 17.8 Å². The quantitative estimate of drug-likeness (QED) is 0.837. The average Bonchev–Trinajstić information content (AvgIpc) is 2.78. The molecular weight excluding hydrogens is 308 g/mol. The number of hydrogen-bond donors (Lipinski definition) is 1. The molecule has 3 nitrogen and oxygen atoms in total. The third kappa shape index (κ3) is 4.42. The fourth-order valence-electron chi connectivity index (χ4n) is 4.97. The number of halogens is 1. The van der Waals surface area contributed by atoms with Crippen LogP contribution in [-0.2, 0) is 4.79 Å². The molecule has 0 aromatic heterocycles. The summed E-state index contributed by atoms with van der Waals surface area (Å²) in [4.78, 5) is 15.6. The van der Waals surface area contributed by atoms with Crippen molar-refractivity contribution in [3.05, 3.63) is 0 Å². The maximum absolute atomic E-state index is 13.3. The fourth-order valence-corrected chi connectivity index (χ4v) is 4.97. The number of carbonyl (C=O) groups excluding carboxylic acids is 1. The van der Waals surface area contributed by atoms with Crippen LogP contribution in [0.4, 0.5) is 0 Å². The van der Waals surface area contributed by atoms with E-state index in [1.807, 2.05) is 0 Å². The van der Waals surface area contributed by atoms with Crippen molar-refractivity contribution in [3.63, 3.8) is 0 Å². The molecule has 3 aliphatic rings. The molecule has 2 saturated heterocycles. The molecule has 2 heterocycles. The van der Waals surface area contributed by atoms with Gasteiger partial charge in [0.05, 0.1) is 0 Å². The lowest BCUT2D eigenvalue weighted by molar-refractivity contribution is -0.140. The zero-order valence-electron chi connectivity index (χ0n) is 14.9. The molecule has 0 radical (unpaired) electrons. The highest BCUT2D eigenvalue weighted by molar-refractivity contribution is 5.85. The van der Waals surface area contributed by atoms with Gasteiger partial charge in [0.1, 0.15) is 0 Å². The Kier molecular flexibility index (Phi) is 7.21. The number of hydrogen-bond acceptors (Lipinski definition) is 2. The predicted octanol–water partition coefficient (Wildman–Crippen LogP) is 4.00. The van der Waals surface area contributed by atoms with Gasteiger partial charge in [-0.15, -0.1) is 12.4 Å². The largest absolute Gasteiger partial charge is 0.335 e. The van der Waals surface area contributed by atoms with Crippen molar-refractivity contribution in [3.8, 4) is 0 Å². The normalized spacial score (nSPS) is 30.0. The van der Waals surface area contributed by atoms with E-state index in [4.69, 9.17) is 0 Å². The number of nitrogens with one attached hydrogen (secondary N) is 1. The molecule has 3 rings (SSSR count). The topological polar surface area (TPSA) is 32.3 Å². The molecule has 3 atom stereocenters. The Morgan fingerprint density at radius 2 is 1.74 bits per heavy atom. The SMILES string of the molecule is CC(C)C(CC1CCCCC1)C(=O)N1C2CCNCC1CC2.Cl. The van der Waals surface area contributed by atoms with Gasteiger partial charge in [-0.2, -0.15) is 0 Å². The molecule has 0 aromatic carbocycles. The van der Waals surface area contributed by atoms with Gasteiger partial charge in [-0.25, -0.2) is 0 Å². The van der Waals surface area contributed by atoms with Crippen molar-refractivity contribution in [1.82, 2.24) is 10.2 Å². The predicted molar refractivity (Wildman–Crippen MR) is 97.9 cm³/mol. The molecule has 1 saturated carbocycles. The number of rotatable bonds is 4. The van der Waals surface area contributed by atoms with Crippen LogP contribution in [0.25, 0.3) is 0 Å². The minimum atomic E-state index is 0. The Morgan fingerprint density at radius 1 is 1.04 bits per heavy atom. The molecule has 0 spiro atoms. The Balaban J connectivity index is 0.00000192. The molecular formula is C19H35ClN2O. The van der Waals surface area contributed by atoms with E-state index in [0.29, 0.717) is 23.9 Å². The van der Waals surface area contributed by atoms with Crippen LogP contribution in [0.2, 0.25) is 0 Å². The van der Waals surface area contributed by atoms with Crippen LogP contribution in [0.5, 0.6) is 0 Å². The summed E-state index contributed by atoms with van der Waals surface area (Å²) in [6.07, 6.45) is 11.6. The maximum atomic E-state index is 13.3. The molecule has 2 bridgehead atoms. The average molecular weight is 343 g/mol. The van der Waals surface area contributed by atoms with E-state index in [-0.39, 0.29) is 18.3 Å². The summed E-state index contributed by atoms with van der Waals surface area (Å²) in [6.45, 7) is 6.60. The Hall–Kier alpha value is -0.280. The van der Waals surface area contributed by atoms with Crippen molar-refractivity contribution in [1.29, 1.82) is 0 Å². The lowest BCUT2D eigenvalue weighted by Crippen LogP contribution is -2.47. The number of carbonyl (C=O) groups is 1. The number of fused-ring (bicyclic) bond motifs is 2. The zero-order valence-corrected chi connectivity index (χ0v) is 15.7. The van der Waals surface area contributed by atoms with Crippen LogP contribution in [0.3, 0.4) is 0 Å². The number of nitrogens with zero attached hydrogens (tertiary/aromatic N) is 1. The highest BCUT2D eigenvalue weighted by atomic mass is 35.5. The van der Waals surface area contributed by atoms with Crippen LogP contribution < -0.4 is 5.32 Å². The fraction of sp³-hybridized carbons (Fsp3) is 0.947. The first-order chi connectivity index (χ1) is 10.7. The van der Waals surface area contributed by atoms with Crippen molar-refractivity contribution in [2.24, 2.45) is 17.8 Å². The van der Waals surface area contributed by atoms with E-state index in [2.05, 4.69) is 24.1 Å². The lowest BCUT2D eigenvalue weighted by atomic mass is 9.78. The third-order valence-electron chi connectivity index (χ3n) is 6.34. The first-order valence-electron chi connectivity index (χ1n) is 9.69. The molecule has 4 heteroatoms. The zero-order chi connectivity index (χ0) is 15.5. The highest BCUT2D eigenvalue weighted by Crippen LogP contribution is 2.36. The maximum Gasteiger partial charge on any atom is 0.226 e. The van der Waals surface area contributed by atoms with Gasteiger partial charge < -0.3 is 10.2 Å². The van der Waals surface area contributed by atoms with Gasteiger partial charge in [0.2, 0.25) is 5.91 Å². The minimum absolute atomic E-state index is 0. The summed E-state index contributed by atoms with van der Waals surface area (Å²) < 4.78 is 0. The van der Waals surface area contributed by atoms with Gasteiger partial charge >= 0.3 is 0 Å². The summed E-state index contributed by atoms with van der Waals surface area (Å²) in [5.74, 6) is 2.01. The Morgan fingerprint density at radius 3 is 2.43 bits per heavy atom. The van der Waals surface area contributed by atoms with E-state index >= 15 is 0 Å². The van der Waals surface area contributed by atoms with E-state index in [1.165, 1.54) is 44.9 Å². The molecule has 134 valence electrons. The molecule has 23 heavy (non-hydrogen) atoms. The summed E-state index contributed by atoms with van der Waals surface area (Å²) in [5.41, 5.74) is 0. The molecule has 1 N–H and O–H groups in total. The van der Waals surface area contributed by atoms with Gasteiger partial charge in [0.25, 0.3) is 0 Å². The Labute approximate surface area is 148 Å². The summed E-state index contributed by atoms with van der Waals surface area (Å²) >= 11 is 0. The molecule has 1 amide bonds. The molecule has 3 fully saturated rings. The molecule has 0 aromatic rings. The van der Waals surface area contributed by atoms with Crippen LogP contribution >= 0.6 is 12.4 Å². The summed E-state index contributed by atoms with van der Waals surface area (Å²) in [5, 5.41) is 3.52. The Bertz CT molecular complexity index is 368. The van der Waals surface area contributed by atoms with Crippen molar-refractivity contribution in [2.45, 2.75) is 83.7 Å². The standard InChI is InChI=1S/C19H34N2O.ClH/c1-14(2)18(12-15-6-4-3-5-7-15)19(22)21-16-8-9-17(21)13-20-11-10-16;/h14-18,20H,3-13H2,1-2H3;1H. The lowest BCUT2D eigenvalue weighted by Gasteiger charge is -2.35. The van der Waals surface area contributed by atoms with Gasteiger partial charge in [-0.05, 0) is 44.1 Å². The van der Waals surface area contributed by atoms with Gasteiger partial charge in [0.15, 0.2) is 0 Å². The first kappa shape index (κ1) is 19.1. The molecule has 2 aliphatic heterocycles. The minimum Gasteiger partial charge on any atom is -0.335 e. The van der Waals surface area contributed by atoms with E-state index in [1.54, 1.807) is 0 Å². The van der Waals surface area contributed by atoms with Gasteiger partial charge in [-0.1, -0.05) is 46.0 Å². The van der Waals surface area contributed by atoms with Gasteiger partial charge in [-0.3, -0.25) is 4.79 Å². The van der Waals surface area contributed by atoms with Crippen molar-refractivity contribution in [2.75, 3.05) is 13.1 Å². The van der Waals surface area contributed by atoms with E-state index in [9.17, 15) is 4.79 Å². The van der Waals surface area contributed by atoms with Gasteiger partial charge in [0, 0.05) is 24.5 Å². The second-order valence-electron chi connectivity index (χ2n) is 8.21. The highest BCUT2D eigenvalue weighted by Gasteiger charge is 2.41. The smallest absolute Gasteiger partial charge is 0.226 e. The van der Waals surface area contributed by atoms with Crippen LogP contribution in [0.1, 0.15) is 71.6 Å². The second-order valence-corrected chi connectivity index (χ2v) is 8.21. The summed E-state index contributed by atoms with van der Waals surface area (Å²) in [7, 11) is 0. The molecule has 3 unspecified atom stereocenters. The monoisotopic (exact) mass is 342 g/mol. The van der Waals surface area contributed by atoms with Crippen molar-refractivity contribution < 1.29 is 4.79 Å². The molecule has 1 aliphatic carbocycles. The third-order valence-corrected chi connectivity index (χ3v) is 6.34. The van der Waals surface area contributed by atoms with Crippen LogP contribution in [0.15, 0.2) is 0 Å². The van der Waals surface area contributed by atoms with Crippen molar-refractivity contribution >= 4 is 18.3 Å². The number of amides is 1.